The third kappa shape index (κ3) is 3.52. The van der Waals surface area contributed by atoms with Gasteiger partial charge in [0.25, 0.3) is 0 Å². The molecule has 0 fully saturated rings. The average Bonchev–Trinajstić information content (AvgIpc) is 2.42. The number of halogens is 4. The van der Waals surface area contributed by atoms with E-state index in [1.54, 1.807) is 0 Å². The van der Waals surface area contributed by atoms with Crippen LogP contribution in [0.1, 0.15) is 16.7 Å². The van der Waals surface area contributed by atoms with Gasteiger partial charge in [-0.05, 0) is 48.4 Å². The first-order valence-electron chi connectivity index (χ1n) is 6.06. The number of aliphatic hydroxyl groups excluding tert-OH is 1. The lowest BCUT2D eigenvalue weighted by molar-refractivity contribution is -0.138. The Hall–Kier alpha value is -2.08. The van der Waals surface area contributed by atoms with Gasteiger partial charge in [-0.1, -0.05) is 6.07 Å². The number of hydrogen-bond acceptors (Lipinski definition) is 2. The quantitative estimate of drug-likeness (QED) is 0.849. The second-order valence-electron chi connectivity index (χ2n) is 4.50. The van der Waals surface area contributed by atoms with Crippen LogP contribution in [0.4, 0.5) is 17.6 Å². The smallest absolute Gasteiger partial charge is 0.419 e. The Morgan fingerprint density at radius 2 is 1.81 bits per heavy atom. The van der Waals surface area contributed by atoms with Gasteiger partial charge in [0.05, 0.1) is 12.2 Å². The fraction of sp³-hybridized carbons (Fsp3) is 0.200. The summed E-state index contributed by atoms with van der Waals surface area (Å²) in [5.74, 6) is -0.754. The van der Waals surface area contributed by atoms with Crippen LogP contribution in [0.3, 0.4) is 0 Å². The molecular weight excluding hydrogens is 288 g/mol. The molecule has 6 heteroatoms. The van der Waals surface area contributed by atoms with Crippen molar-refractivity contribution in [3.05, 3.63) is 58.9 Å². The summed E-state index contributed by atoms with van der Waals surface area (Å²) in [5.41, 5.74) is -0.589. The normalized spacial score (nSPS) is 11.5. The molecule has 0 aliphatic rings. The molecule has 0 saturated heterocycles. The van der Waals surface area contributed by atoms with Crippen LogP contribution in [0.5, 0.6) is 11.5 Å². The van der Waals surface area contributed by atoms with Gasteiger partial charge in [-0.15, -0.1) is 0 Å². The second-order valence-corrected chi connectivity index (χ2v) is 4.50. The highest BCUT2D eigenvalue weighted by Crippen LogP contribution is 2.38. The summed E-state index contributed by atoms with van der Waals surface area (Å²) in [6, 6.07) is 6.98. The molecule has 112 valence electrons. The Kier molecular flexibility index (Phi) is 4.18. The lowest BCUT2D eigenvalue weighted by atomic mass is 10.1. The van der Waals surface area contributed by atoms with Gasteiger partial charge in [0, 0.05) is 0 Å². The van der Waals surface area contributed by atoms with Crippen molar-refractivity contribution in [2.24, 2.45) is 0 Å². The SMILES string of the molecule is Cc1cc(Oc2ccc(CO)cc2C(F)(F)F)ccc1F. The van der Waals surface area contributed by atoms with E-state index >= 15 is 0 Å². The maximum absolute atomic E-state index is 13.1. The highest BCUT2D eigenvalue weighted by Gasteiger charge is 2.34. The van der Waals surface area contributed by atoms with Crippen molar-refractivity contribution in [3.63, 3.8) is 0 Å². The molecular formula is C15H12F4O2. The van der Waals surface area contributed by atoms with Gasteiger partial charge in [-0.2, -0.15) is 13.2 Å². The topological polar surface area (TPSA) is 29.5 Å². The number of alkyl halides is 3. The van der Waals surface area contributed by atoms with Crippen LogP contribution in [0.2, 0.25) is 0 Å². The van der Waals surface area contributed by atoms with Gasteiger partial charge < -0.3 is 9.84 Å². The monoisotopic (exact) mass is 300 g/mol. The summed E-state index contributed by atoms with van der Waals surface area (Å²) in [4.78, 5) is 0. The number of hydrogen-bond donors (Lipinski definition) is 1. The number of aliphatic hydroxyl groups is 1. The molecule has 2 aromatic carbocycles. The Bertz CT molecular complexity index is 651. The van der Waals surface area contributed by atoms with E-state index in [1.165, 1.54) is 25.1 Å². The van der Waals surface area contributed by atoms with Crippen LogP contribution in [-0.2, 0) is 12.8 Å². The minimum atomic E-state index is -4.62. The first-order chi connectivity index (χ1) is 9.81. The van der Waals surface area contributed by atoms with Gasteiger partial charge in [-0.3, -0.25) is 0 Å². The van der Waals surface area contributed by atoms with E-state index in [0.717, 1.165) is 18.2 Å². The predicted molar refractivity (Wildman–Crippen MR) is 68.6 cm³/mol. The average molecular weight is 300 g/mol. The molecule has 0 heterocycles. The van der Waals surface area contributed by atoms with Crippen molar-refractivity contribution in [1.29, 1.82) is 0 Å². The molecule has 2 aromatic rings. The van der Waals surface area contributed by atoms with Gasteiger partial charge >= 0.3 is 6.18 Å². The van der Waals surface area contributed by atoms with Gasteiger partial charge in [0.15, 0.2) is 0 Å². The predicted octanol–water partition coefficient (Wildman–Crippen LogP) is 4.44. The van der Waals surface area contributed by atoms with Crippen molar-refractivity contribution in [1.82, 2.24) is 0 Å². The molecule has 0 aliphatic carbocycles. The zero-order valence-electron chi connectivity index (χ0n) is 11.0. The summed E-state index contributed by atoms with van der Waals surface area (Å²) in [6.07, 6.45) is -4.62. The molecule has 2 nitrogen and oxygen atoms in total. The van der Waals surface area contributed by atoms with E-state index in [2.05, 4.69) is 0 Å². The van der Waals surface area contributed by atoms with Crippen LogP contribution < -0.4 is 4.74 Å². The molecule has 2 rings (SSSR count). The minimum Gasteiger partial charge on any atom is -0.457 e. The van der Waals surface area contributed by atoms with Crippen LogP contribution in [0, 0.1) is 12.7 Å². The van der Waals surface area contributed by atoms with Crippen LogP contribution in [0.25, 0.3) is 0 Å². The van der Waals surface area contributed by atoms with Crippen molar-refractivity contribution in [3.8, 4) is 11.5 Å². The maximum atomic E-state index is 13.1. The second kappa shape index (κ2) is 5.73. The first kappa shape index (κ1) is 15.3. The van der Waals surface area contributed by atoms with Gasteiger partial charge in [0.1, 0.15) is 17.3 Å². The summed E-state index contributed by atoms with van der Waals surface area (Å²) in [7, 11) is 0. The third-order valence-electron chi connectivity index (χ3n) is 2.89. The van der Waals surface area contributed by atoms with Gasteiger partial charge in [0.2, 0.25) is 0 Å². The fourth-order valence-corrected chi connectivity index (χ4v) is 1.79. The molecule has 0 aliphatic heterocycles. The third-order valence-corrected chi connectivity index (χ3v) is 2.89. The number of rotatable bonds is 3. The minimum absolute atomic E-state index is 0.108. The number of benzene rings is 2. The lowest BCUT2D eigenvalue weighted by Gasteiger charge is -2.15. The molecule has 21 heavy (non-hydrogen) atoms. The maximum Gasteiger partial charge on any atom is 0.419 e. The van der Waals surface area contributed by atoms with Crippen molar-refractivity contribution in [2.75, 3.05) is 0 Å². The van der Waals surface area contributed by atoms with Crippen molar-refractivity contribution in [2.45, 2.75) is 19.7 Å². The number of ether oxygens (including phenoxy) is 1. The molecule has 0 spiro atoms. The Labute approximate surface area is 118 Å². The Balaban J connectivity index is 2.41. The highest BCUT2D eigenvalue weighted by atomic mass is 19.4. The molecule has 0 amide bonds. The molecule has 0 bridgehead atoms. The van der Waals surface area contributed by atoms with E-state index in [1.807, 2.05) is 0 Å². The molecule has 0 aromatic heterocycles. The summed E-state index contributed by atoms with van der Waals surface area (Å²) < 4.78 is 57.3. The largest absolute Gasteiger partial charge is 0.457 e. The molecule has 0 radical (unpaired) electrons. The van der Waals surface area contributed by atoms with Crippen molar-refractivity contribution < 1.29 is 27.4 Å². The molecule has 0 atom stereocenters. The Morgan fingerprint density at radius 1 is 1.10 bits per heavy atom. The van der Waals surface area contributed by atoms with Crippen LogP contribution in [-0.4, -0.2) is 5.11 Å². The van der Waals surface area contributed by atoms with E-state index < -0.39 is 29.9 Å². The summed E-state index contributed by atoms with van der Waals surface area (Å²) in [5, 5.41) is 8.93. The van der Waals surface area contributed by atoms with Gasteiger partial charge in [-0.25, -0.2) is 4.39 Å². The van der Waals surface area contributed by atoms with E-state index in [9.17, 15) is 17.6 Å². The zero-order chi connectivity index (χ0) is 15.6. The Morgan fingerprint density at radius 3 is 2.38 bits per heavy atom. The van der Waals surface area contributed by atoms with Crippen molar-refractivity contribution >= 4 is 0 Å². The van der Waals surface area contributed by atoms with E-state index in [-0.39, 0.29) is 16.9 Å². The highest BCUT2D eigenvalue weighted by molar-refractivity contribution is 5.42. The van der Waals surface area contributed by atoms with Crippen LogP contribution in [0.15, 0.2) is 36.4 Å². The van der Waals surface area contributed by atoms with Crippen LogP contribution >= 0.6 is 0 Å². The molecule has 0 saturated carbocycles. The zero-order valence-corrected chi connectivity index (χ0v) is 11.0. The van der Waals surface area contributed by atoms with E-state index in [4.69, 9.17) is 9.84 Å². The fourth-order valence-electron chi connectivity index (χ4n) is 1.79. The molecule has 0 unspecified atom stereocenters. The molecule has 1 N–H and O–H groups in total. The summed E-state index contributed by atoms with van der Waals surface area (Å²) >= 11 is 0. The number of aryl methyl sites for hydroxylation is 1. The lowest BCUT2D eigenvalue weighted by Crippen LogP contribution is -2.08. The summed E-state index contributed by atoms with van der Waals surface area (Å²) in [6.45, 7) is 0.987. The van der Waals surface area contributed by atoms with E-state index in [0.29, 0.717) is 0 Å². The first-order valence-corrected chi connectivity index (χ1v) is 6.06. The standard InChI is InChI=1S/C15H12F4O2/c1-9-6-11(3-4-13(9)16)21-14-5-2-10(8-20)7-12(14)15(17,18)19/h2-7,20H,8H2,1H3.